The molecule has 1 aromatic carbocycles. The first-order chi connectivity index (χ1) is 9.90. The lowest BCUT2D eigenvalue weighted by atomic mass is 10.1. The van der Waals surface area contributed by atoms with E-state index in [0.717, 1.165) is 6.42 Å². The van der Waals surface area contributed by atoms with Crippen molar-refractivity contribution in [1.82, 2.24) is 5.32 Å². The van der Waals surface area contributed by atoms with Gasteiger partial charge in [-0.3, -0.25) is 19.3 Å². The number of amides is 2. The number of carbonyl (C=O) groups is 3. The molecule has 0 aliphatic carbocycles. The fourth-order valence-corrected chi connectivity index (χ4v) is 2.30. The number of anilines is 1. The Morgan fingerprint density at radius 2 is 2.05 bits per heavy atom. The van der Waals surface area contributed by atoms with Crippen molar-refractivity contribution >= 4 is 34.9 Å². The maximum atomic E-state index is 11.9. The largest absolute Gasteiger partial charge is 0.355 e. The number of carbonyl (C=O) groups excluding carboxylic acids is 3. The average Bonchev–Trinajstić information content (AvgIpc) is 2.63. The van der Waals surface area contributed by atoms with Crippen LogP contribution in [0.4, 0.5) is 5.69 Å². The molecule has 1 aromatic rings. The molecular weight excluding hydrogens is 292 g/mol. The van der Waals surface area contributed by atoms with E-state index in [1.807, 2.05) is 0 Å². The van der Waals surface area contributed by atoms with Gasteiger partial charge in [-0.15, -0.1) is 0 Å². The zero-order valence-corrected chi connectivity index (χ0v) is 12.7. The lowest BCUT2D eigenvalue weighted by molar-refractivity contribution is -0.122. The summed E-state index contributed by atoms with van der Waals surface area (Å²) in [6.07, 6.45) is 0.866. The van der Waals surface area contributed by atoms with E-state index in [1.54, 1.807) is 12.1 Å². The predicted octanol–water partition coefficient (Wildman–Crippen LogP) is 2.03. The van der Waals surface area contributed by atoms with Gasteiger partial charge in [0.05, 0.1) is 11.3 Å². The molecule has 0 fully saturated rings. The van der Waals surface area contributed by atoms with E-state index in [0.29, 0.717) is 23.2 Å². The van der Waals surface area contributed by atoms with Gasteiger partial charge in [-0.2, -0.15) is 0 Å². The fourth-order valence-electron chi connectivity index (χ4n) is 2.13. The van der Waals surface area contributed by atoms with Crippen molar-refractivity contribution in [3.8, 4) is 0 Å². The Morgan fingerprint density at radius 1 is 1.33 bits per heavy atom. The van der Waals surface area contributed by atoms with Crippen molar-refractivity contribution in [1.29, 1.82) is 0 Å². The quantitative estimate of drug-likeness (QED) is 0.846. The summed E-state index contributed by atoms with van der Waals surface area (Å²) < 4.78 is 0. The minimum atomic E-state index is -0.689. The second-order valence-electron chi connectivity index (χ2n) is 5.41. The number of nitrogens with zero attached hydrogens (tertiary/aromatic N) is 1. The van der Waals surface area contributed by atoms with E-state index in [9.17, 15) is 14.4 Å². The highest BCUT2D eigenvalue weighted by Crippen LogP contribution is 2.30. The molecule has 21 heavy (non-hydrogen) atoms. The topological polar surface area (TPSA) is 66.5 Å². The maximum Gasteiger partial charge on any atom is 0.299 e. The van der Waals surface area contributed by atoms with Crippen molar-refractivity contribution in [3.05, 3.63) is 28.8 Å². The third-order valence-corrected chi connectivity index (χ3v) is 3.51. The predicted molar refractivity (Wildman–Crippen MR) is 80.6 cm³/mol. The minimum Gasteiger partial charge on any atom is -0.355 e. The van der Waals surface area contributed by atoms with Crippen molar-refractivity contribution in [2.75, 3.05) is 18.0 Å². The van der Waals surface area contributed by atoms with Gasteiger partial charge in [-0.05, 0) is 30.5 Å². The molecule has 2 rings (SSSR count). The van der Waals surface area contributed by atoms with Crippen molar-refractivity contribution in [2.45, 2.75) is 20.3 Å². The zero-order chi connectivity index (χ0) is 15.6. The number of benzene rings is 1. The minimum absolute atomic E-state index is 0.155. The van der Waals surface area contributed by atoms with Crippen LogP contribution in [0.15, 0.2) is 18.2 Å². The van der Waals surface area contributed by atoms with Crippen LogP contribution in [0.2, 0.25) is 5.02 Å². The molecule has 0 saturated heterocycles. The van der Waals surface area contributed by atoms with Gasteiger partial charge in [0.15, 0.2) is 0 Å². The van der Waals surface area contributed by atoms with E-state index in [1.165, 1.54) is 11.0 Å². The molecular formula is C15H17ClN2O3. The van der Waals surface area contributed by atoms with Crippen LogP contribution in [0.25, 0.3) is 0 Å². The van der Waals surface area contributed by atoms with Crippen LogP contribution in [0.1, 0.15) is 30.6 Å². The number of Topliss-reactive ketones (excluding diaryl/α,β-unsaturated/α-hetero) is 1. The van der Waals surface area contributed by atoms with Gasteiger partial charge in [0.2, 0.25) is 5.91 Å². The highest BCUT2D eigenvalue weighted by Gasteiger charge is 2.36. The second kappa shape index (κ2) is 6.26. The van der Waals surface area contributed by atoms with E-state index < -0.39 is 11.7 Å². The van der Waals surface area contributed by atoms with E-state index in [2.05, 4.69) is 19.2 Å². The van der Waals surface area contributed by atoms with Gasteiger partial charge in [0.1, 0.15) is 6.54 Å². The molecule has 6 heteroatoms. The maximum absolute atomic E-state index is 11.9. The van der Waals surface area contributed by atoms with E-state index in [-0.39, 0.29) is 18.0 Å². The summed E-state index contributed by atoms with van der Waals surface area (Å²) in [5.41, 5.74) is 0.691. The van der Waals surface area contributed by atoms with Crippen LogP contribution in [-0.4, -0.2) is 30.7 Å². The second-order valence-corrected chi connectivity index (χ2v) is 5.85. The van der Waals surface area contributed by atoms with Gasteiger partial charge in [-0.25, -0.2) is 0 Å². The number of fused-ring (bicyclic) bond motifs is 1. The molecule has 1 heterocycles. The average molecular weight is 309 g/mol. The molecule has 0 saturated carbocycles. The van der Waals surface area contributed by atoms with Crippen LogP contribution < -0.4 is 10.2 Å². The summed E-state index contributed by atoms with van der Waals surface area (Å²) in [4.78, 5) is 36.9. The molecule has 1 aliphatic rings. The van der Waals surface area contributed by atoms with Crippen LogP contribution in [0, 0.1) is 5.92 Å². The lowest BCUT2D eigenvalue weighted by Crippen LogP contribution is -2.40. The van der Waals surface area contributed by atoms with Crippen LogP contribution >= 0.6 is 11.6 Å². The van der Waals surface area contributed by atoms with Gasteiger partial charge in [0.25, 0.3) is 11.7 Å². The Kier molecular flexibility index (Phi) is 4.63. The molecule has 0 bridgehead atoms. The molecule has 2 amide bonds. The molecule has 0 unspecified atom stereocenters. The van der Waals surface area contributed by atoms with Crippen LogP contribution in [0.5, 0.6) is 0 Å². The Morgan fingerprint density at radius 3 is 2.71 bits per heavy atom. The Hall–Kier alpha value is -1.88. The molecule has 0 atom stereocenters. The summed E-state index contributed by atoms with van der Waals surface area (Å²) in [6.45, 7) is 4.53. The number of rotatable bonds is 5. The highest BCUT2D eigenvalue weighted by molar-refractivity contribution is 6.53. The van der Waals surface area contributed by atoms with Gasteiger partial charge in [0, 0.05) is 11.6 Å². The smallest absolute Gasteiger partial charge is 0.299 e. The summed E-state index contributed by atoms with van der Waals surface area (Å²) >= 11 is 5.83. The molecule has 0 aromatic heterocycles. The number of hydrogen-bond acceptors (Lipinski definition) is 3. The Bertz CT molecular complexity index is 599. The molecule has 5 nitrogen and oxygen atoms in total. The lowest BCUT2D eigenvalue weighted by Gasteiger charge is -2.16. The standard InChI is InChI=1S/C15H17ClN2O3/c1-9(2)5-6-17-13(19)8-18-12-4-3-10(16)7-11(12)14(20)15(18)21/h3-4,7,9H,5-6,8H2,1-2H3,(H,17,19). The number of halogens is 1. The molecule has 0 spiro atoms. The van der Waals surface area contributed by atoms with Gasteiger partial charge >= 0.3 is 0 Å². The molecule has 1 N–H and O–H groups in total. The summed E-state index contributed by atoms with van der Waals surface area (Å²) in [5.74, 6) is -1.10. The third kappa shape index (κ3) is 3.42. The fraction of sp³-hybridized carbons (Fsp3) is 0.400. The third-order valence-electron chi connectivity index (χ3n) is 3.28. The number of nitrogens with one attached hydrogen (secondary N) is 1. The van der Waals surface area contributed by atoms with Gasteiger partial charge in [-0.1, -0.05) is 25.4 Å². The number of hydrogen-bond donors (Lipinski definition) is 1. The monoisotopic (exact) mass is 308 g/mol. The normalized spacial score (nSPS) is 13.8. The van der Waals surface area contributed by atoms with Crippen molar-refractivity contribution in [2.24, 2.45) is 5.92 Å². The first-order valence-electron chi connectivity index (χ1n) is 6.82. The highest BCUT2D eigenvalue weighted by atomic mass is 35.5. The molecule has 1 aliphatic heterocycles. The van der Waals surface area contributed by atoms with Crippen molar-refractivity contribution < 1.29 is 14.4 Å². The van der Waals surface area contributed by atoms with Crippen LogP contribution in [-0.2, 0) is 9.59 Å². The Labute approximate surface area is 128 Å². The molecule has 0 radical (unpaired) electrons. The van der Waals surface area contributed by atoms with E-state index in [4.69, 9.17) is 11.6 Å². The Balaban J connectivity index is 2.06. The summed E-state index contributed by atoms with van der Waals surface area (Å²) in [5, 5.41) is 3.14. The van der Waals surface area contributed by atoms with Crippen LogP contribution in [0.3, 0.4) is 0 Å². The number of ketones is 1. The van der Waals surface area contributed by atoms with Gasteiger partial charge < -0.3 is 5.32 Å². The first-order valence-corrected chi connectivity index (χ1v) is 7.20. The molecule has 112 valence electrons. The SMILES string of the molecule is CC(C)CCNC(=O)CN1C(=O)C(=O)c2cc(Cl)ccc21. The van der Waals surface area contributed by atoms with E-state index >= 15 is 0 Å². The summed E-state index contributed by atoms with van der Waals surface area (Å²) in [7, 11) is 0. The zero-order valence-electron chi connectivity index (χ0n) is 12.0. The summed E-state index contributed by atoms with van der Waals surface area (Å²) in [6, 6.07) is 4.63. The first kappa shape index (κ1) is 15.5. The van der Waals surface area contributed by atoms with Crippen molar-refractivity contribution in [3.63, 3.8) is 0 Å².